The molecule has 92 valence electrons. The number of ether oxygens (including phenoxy) is 1. The van der Waals surface area contributed by atoms with Crippen molar-refractivity contribution in [2.75, 3.05) is 6.61 Å². The third kappa shape index (κ3) is 4.28. The molecule has 0 aliphatic heterocycles. The molecule has 1 rings (SSSR count). The average Bonchev–Trinajstić information content (AvgIpc) is 2.66. The molecule has 0 amide bonds. The highest BCUT2D eigenvalue weighted by Gasteiger charge is 2.13. The minimum Gasteiger partial charge on any atom is -0.371 e. The summed E-state index contributed by atoms with van der Waals surface area (Å²) in [7, 11) is 0. The Labute approximate surface area is 96.4 Å². The van der Waals surface area contributed by atoms with Gasteiger partial charge in [-0.1, -0.05) is 5.16 Å². The van der Waals surface area contributed by atoms with Crippen LogP contribution in [0.2, 0.25) is 0 Å². The molecule has 1 aromatic heterocycles. The van der Waals surface area contributed by atoms with Gasteiger partial charge < -0.3 is 15.0 Å². The van der Waals surface area contributed by atoms with Gasteiger partial charge in [0.25, 0.3) is 0 Å². The van der Waals surface area contributed by atoms with E-state index < -0.39 is 0 Å². The van der Waals surface area contributed by atoms with Gasteiger partial charge in [-0.3, -0.25) is 0 Å². The van der Waals surface area contributed by atoms with E-state index in [1.54, 1.807) is 0 Å². The van der Waals surface area contributed by atoms with Crippen molar-refractivity contribution in [3.05, 3.63) is 11.7 Å². The van der Waals surface area contributed by atoms with Gasteiger partial charge >= 0.3 is 0 Å². The largest absolute Gasteiger partial charge is 0.371 e. The molecule has 5 heteroatoms. The van der Waals surface area contributed by atoms with E-state index >= 15 is 0 Å². The van der Waals surface area contributed by atoms with E-state index in [0.29, 0.717) is 18.3 Å². The fraction of sp³-hybridized carbons (Fsp3) is 0.818. The van der Waals surface area contributed by atoms with E-state index in [9.17, 15) is 0 Å². The fourth-order valence-corrected chi connectivity index (χ4v) is 1.43. The average molecular weight is 227 g/mol. The molecule has 0 bridgehead atoms. The van der Waals surface area contributed by atoms with Crippen LogP contribution in [-0.2, 0) is 11.2 Å². The van der Waals surface area contributed by atoms with Gasteiger partial charge in [0, 0.05) is 19.1 Å². The molecule has 5 nitrogen and oxygen atoms in total. The Balaban J connectivity index is 2.39. The van der Waals surface area contributed by atoms with Crippen LogP contribution in [0.15, 0.2) is 4.52 Å². The lowest BCUT2D eigenvalue weighted by Gasteiger charge is -2.04. The monoisotopic (exact) mass is 227 g/mol. The molecule has 0 saturated heterocycles. The van der Waals surface area contributed by atoms with Gasteiger partial charge in [0.05, 0.1) is 0 Å². The van der Waals surface area contributed by atoms with Gasteiger partial charge in [0.1, 0.15) is 6.10 Å². The van der Waals surface area contributed by atoms with Gasteiger partial charge in [-0.05, 0) is 33.6 Å². The van der Waals surface area contributed by atoms with E-state index in [0.717, 1.165) is 19.3 Å². The van der Waals surface area contributed by atoms with Crippen molar-refractivity contribution in [2.45, 2.75) is 52.2 Å². The lowest BCUT2D eigenvalue weighted by molar-refractivity contribution is 0.0683. The summed E-state index contributed by atoms with van der Waals surface area (Å²) in [4.78, 5) is 4.28. The highest BCUT2D eigenvalue weighted by molar-refractivity contribution is 4.90. The van der Waals surface area contributed by atoms with Crippen LogP contribution in [0.1, 0.15) is 51.4 Å². The summed E-state index contributed by atoms with van der Waals surface area (Å²) in [6.07, 6.45) is 2.63. The number of nitrogens with zero attached hydrogens (tertiary/aromatic N) is 2. The highest BCUT2D eigenvalue weighted by Crippen LogP contribution is 2.13. The number of nitrogens with two attached hydrogens (primary N) is 1. The van der Waals surface area contributed by atoms with Crippen LogP contribution < -0.4 is 5.73 Å². The Bertz CT molecular complexity index is 299. The van der Waals surface area contributed by atoms with Gasteiger partial charge in [0.2, 0.25) is 5.89 Å². The van der Waals surface area contributed by atoms with Gasteiger partial charge in [-0.15, -0.1) is 0 Å². The zero-order chi connectivity index (χ0) is 12.0. The van der Waals surface area contributed by atoms with E-state index in [2.05, 4.69) is 10.1 Å². The first-order valence-electron chi connectivity index (χ1n) is 5.83. The van der Waals surface area contributed by atoms with E-state index in [1.165, 1.54) is 0 Å². The molecule has 0 aliphatic rings. The lowest BCUT2D eigenvalue weighted by Crippen LogP contribution is -2.14. The second-order valence-corrected chi connectivity index (χ2v) is 4.01. The van der Waals surface area contributed by atoms with Crippen LogP contribution in [0.5, 0.6) is 0 Å². The molecule has 2 unspecified atom stereocenters. The van der Waals surface area contributed by atoms with Crippen LogP contribution in [0.25, 0.3) is 0 Å². The first kappa shape index (κ1) is 13.1. The quantitative estimate of drug-likeness (QED) is 0.769. The molecular weight excluding hydrogens is 206 g/mol. The van der Waals surface area contributed by atoms with Gasteiger partial charge in [-0.2, -0.15) is 4.98 Å². The Morgan fingerprint density at radius 1 is 1.44 bits per heavy atom. The topological polar surface area (TPSA) is 74.2 Å². The van der Waals surface area contributed by atoms with Crippen molar-refractivity contribution in [3.63, 3.8) is 0 Å². The number of rotatable bonds is 7. The second-order valence-electron chi connectivity index (χ2n) is 4.01. The summed E-state index contributed by atoms with van der Waals surface area (Å²) in [5.41, 5.74) is 5.66. The van der Waals surface area contributed by atoms with Crippen molar-refractivity contribution in [3.8, 4) is 0 Å². The smallest absolute Gasteiger partial charge is 0.226 e. The number of hydrogen-bond acceptors (Lipinski definition) is 5. The summed E-state index contributed by atoms with van der Waals surface area (Å²) in [6.45, 7) is 6.51. The van der Waals surface area contributed by atoms with Crippen LogP contribution in [0.3, 0.4) is 0 Å². The predicted octanol–water partition coefficient (Wildman–Crippen LogP) is 1.84. The van der Waals surface area contributed by atoms with Gasteiger partial charge in [-0.25, -0.2) is 0 Å². The van der Waals surface area contributed by atoms with E-state index in [-0.39, 0.29) is 12.1 Å². The van der Waals surface area contributed by atoms with Crippen molar-refractivity contribution >= 4 is 0 Å². The SMILES string of the molecule is CCOC(C)c1noc(CCCC(C)N)n1. The number of hydrogen-bond donors (Lipinski definition) is 1. The summed E-state index contributed by atoms with van der Waals surface area (Å²) in [5, 5.41) is 3.89. The van der Waals surface area contributed by atoms with Crippen LogP contribution >= 0.6 is 0 Å². The molecule has 0 fully saturated rings. The summed E-state index contributed by atoms with van der Waals surface area (Å²) in [6, 6.07) is 0.227. The maximum absolute atomic E-state index is 5.66. The summed E-state index contributed by atoms with van der Waals surface area (Å²) >= 11 is 0. The molecule has 2 atom stereocenters. The molecule has 1 aromatic rings. The maximum atomic E-state index is 5.66. The third-order valence-corrected chi connectivity index (χ3v) is 2.31. The van der Waals surface area contributed by atoms with Crippen molar-refractivity contribution in [2.24, 2.45) is 5.73 Å². The Morgan fingerprint density at radius 3 is 2.81 bits per heavy atom. The molecule has 0 aromatic carbocycles. The second kappa shape index (κ2) is 6.60. The van der Waals surface area contributed by atoms with Crippen LogP contribution in [0, 0.1) is 0 Å². The Hall–Kier alpha value is -0.940. The summed E-state index contributed by atoms with van der Waals surface area (Å²) in [5.74, 6) is 1.29. The standard InChI is InChI=1S/C11H21N3O2/c1-4-15-9(3)11-13-10(16-14-11)7-5-6-8(2)12/h8-9H,4-7,12H2,1-3H3. The Kier molecular flexibility index (Phi) is 5.42. The molecule has 0 spiro atoms. The van der Waals surface area contributed by atoms with Crippen molar-refractivity contribution in [1.82, 2.24) is 10.1 Å². The molecule has 16 heavy (non-hydrogen) atoms. The first-order chi connectivity index (χ1) is 7.63. The third-order valence-electron chi connectivity index (χ3n) is 2.31. The first-order valence-corrected chi connectivity index (χ1v) is 5.83. The number of aromatic nitrogens is 2. The maximum Gasteiger partial charge on any atom is 0.226 e. The minimum absolute atomic E-state index is 0.101. The van der Waals surface area contributed by atoms with E-state index in [1.807, 2.05) is 20.8 Å². The Morgan fingerprint density at radius 2 is 2.19 bits per heavy atom. The number of aryl methyl sites for hydroxylation is 1. The zero-order valence-corrected chi connectivity index (χ0v) is 10.3. The van der Waals surface area contributed by atoms with Crippen molar-refractivity contribution in [1.29, 1.82) is 0 Å². The molecular formula is C11H21N3O2. The molecule has 0 aliphatic carbocycles. The zero-order valence-electron chi connectivity index (χ0n) is 10.3. The lowest BCUT2D eigenvalue weighted by atomic mass is 10.1. The van der Waals surface area contributed by atoms with Gasteiger partial charge in [0.15, 0.2) is 5.82 Å². The molecule has 0 saturated carbocycles. The molecule has 1 heterocycles. The fourth-order valence-electron chi connectivity index (χ4n) is 1.43. The molecule has 0 radical (unpaired) electrons. The molecule has 2 N–H and O–H groups in total. The normalized spacial score (nSPS) is 15.0. The van der Waals surface area contributed by atoms with E-state index in [4.69, 9.17) is 15.0 Å². The van der Waals surface area contributed by atoms with Crippen LogP contribution in [-0.4, -0.2) is 22.8 Å². The van der Waals surface area contributed by atoms with Crippen molar-refractivity contribution < 1.29 is 9.26 Å². The summed E-state index contributed by atoms with van der Waals surface area (Å²) < 4.78 is 10.5. The van der Waals surface area contributed by atoms with Crippen LogP contribution in [0.4, 0.5) is 0 Å². The highest BCUT2D eigenvalue weighted by atomic mass is 16.5. The predicted molar refractivity (Wildman–Crippen MR) is 60.9 cm³/mol. The minimum atomic E-state index is -0.101.